The van der Waals surface area contributed by atoms with Crippen LogP contribution in [0.15, 0.2) is 42.5 Å². The van der Waals surface area contributed by atoms with Gasteiger partial charge in [-0.1, -0.05) is 18.2 Å². The molecule has 2 aromatic rings. The van der Waals surface area contributed by atoms with Crippen LogP contribution in [0.3, 0.4) is 0 Å². The Labute approximate surface area is 168 Å². The predicted octanol–water partition coefficient (Wildman–Crippen LogP) is 3.78. The van der Waals surface area contributed by atoms with Gasteiger partial charge >= 0.3 is 0 Å². The molecule has 150 valence electrons. The van der Waals surface area contributed by atoms with E-state index < -0.39 is 11.6 Å². The minimum atomic E-state index is -0.650. The lowest BCUT2D eigenvalue weighted by molar-refractivity contribution is 0.0805. The average Bonchev–Trinajstić information content (AvgIpc) is 2.67. The molecule has 0 bridgehead atoms. The monoisotopic (exact) mass is 395 g/mol. The van der Waals surface area contributed by atoms with Gasteiger partial charge in [-0.2, -0.15) is 0 Å². The van der Waals surface area contributed by atoms with Gasteiger partial charge in [-0.15, -0.1) is 12.4 Å². The van der Waals surface area contributed by atoms with Crippen LogP contribution in [-0.2, 0) is 6.42 Å². The fraction of sp³-hybridized carbons (Fsp3) is 0.429. The van der Waals surface area contributed by atoms with E-state index in [0.29, 0.717) is 0 Å². The molecular weight excluding hydrogens is 366 g/mol. The van der Waals surface area contributed by atoms with Crippen molar-refractivity contribution in [1.29, 1.82) is 0 Å². The van der Waals surface area contributed by atoms with Gasteiger partial charge in [-0.3, -0.25) is 0 Å². The van der Waals surface area contributed by atoms with Crippen LogP contribution >= 0.6 is 12.4 Å². The highest BCUT2D eigenvalue weighted by Crippen LogP contribution is 2.29. The van der Waals surface area contributed by atoms with Crippen LogP contribution in [0.5, 0.6) is 17.2 Å². The second-order valence-electron chi connectivity index (χ2n) is 6.77. The standard InChI is InChI=1S/C21H29NO4.ClH/c1-21(2,20(23)16-7-6-8-17(14-16)24-3)22-12-11-15-9-10-18(25-4)19(13-15)26-5;/h6-10,13-14,20,22-23H,11-12H2,1-5H3;1H. The van der Waals surface area contributed by atoms with E-state index in [4.69, 9.17) is 14.2 Å². The zero-order chi connectivity index (χ0) is 19.2. The van der Waals surface area contributed by atoms with E-state index >= 15 is 0 Å². The number of methoxy groups -OCH3 is 3. The molecule has 2 N–H and O–H groups in total. The summed E-state index contributed by atoms with van der Waals surface area (Å²) in [5.74, 6) is 2.18. The molecule has 0 aromatic heterocycles. The topological polar surface area (TPSA) is 60.0 Å². The van der Waals surface area contributed by atoms with E-state index in [1.807, 2.05) is 56.3 Å². The number of aliphatic hydroxyl groups excluding tert-OH is 1. The van der Waals surface area contributed by atoms with Crippen molar-refractivity contribution in [3.63, 3.8) is 0 Å². The molecule has 0 aliphatic carbocycles. The van der Waals surface area contributed by atoms with E-state index in [1.54, 1.807) is 21.3 Å². The summed E-state index contributed by atoms with van der Waals surface area (Å²) >= 11 is 0. The third-order valence-electron chi connectivity index (χ3n) is 4.54. The van der Waals surface area contributed by atoms with Gasteiger partial charge in [-0.05, 0) is 62.2 Å². The number of hydrogen-bond acceptors (Lipinski definition) is 5. The molecule has 0 spiro atoms. The number of aliphatic hydroxyl groups is 1. The summed E-state index contributed by atoms with van der Waals surface area (Å²) < 4.78 is 15.9. The predicted molar refractivity (Wildman–Crippen MR) is 111 cm³/mol. The summed E-state index contributed by atoms with van der Waals surface area (Å²) in [6.07, 6.45) is 0.164. The van der Waals surface area contributed by atoms with Crippen molar-refractivity contribution >= 4 is 12.4 Å². The van der Waals surface area contributed by atoms with Crippen LogP contribution in [0.25, 0.3) is 0 Å². The smallest absolute Gasteiger partial charge is 0.160 e. The number of hydrogen-bond donors (Lipinski definition) is 2. The Morgan fingerprint density at radius 3 is 2.30 bits per heavy atom. The molecule has 27 heavy (non-hydrogen) atoms. The van der Waals surface area contributed by atoms with Crippen LogP contribution in [0.4, 0.5) is 0 Å². The first-order chi connectivity index (χ1) is 12.4. The van der Waals surface area contributed by atoms with Crippen molar-refractivity contribution in [2.24, 2.45) is 0 Å². The summed E-state index contributed by atoms with van der Waals surface area (Å²) in [5, 5.41) is 14.2. The first kappa shape index (κ1) is 23.1. The van der Waals surface area contributed by atoms with Crippen LogP contribution in [-0.4, -0.2) is 38.5 Å². The van der Waals surface area contributed by atoms with Crippen LogP contribution in [0.1, 0.15) is 31.1 Å². The molecule has 2 rings (SSSR count). The van der Waals surface area contributed by atoms with Gasteiger partial charge in [0.25, 0.3) is 0 Å². The number of rotatable bonds is 9. The highest BCUT2D eigenvalue weighted by Gasteiger charge is 2.28. The highest BCUT2D eigenvalue weighted by molar-refractivity contribution is 5.85. The summed E-state index contributed by atoms with van der Waals surface area (Å²) in [6.45, 7) is 4.71. The van der Waals surface area contributed by atoms with Crippen molar-refractivity contribution < 1.29 is 19.3 Å². The Bertz CT molecular complexity index is 721. The van der Waals surface area contributed by atoms with Gasteiger partial charge in [0.05, 0.1) is 27.4 Å². The number of benzene rings is 2. The van der Waals surface area contributed by atoms with Crippen LogP contribution < -0.4 is 19.5 Å². The normalized spacial score (nSPS) is 12.1. The van der Waals surface area contributed by atoms with Gasteiger partial charge in [0.15, 0.2) is 11.5 Å². The molecule has 6 heteroatoms. The van der Waals surface area contributed by atoms with Gasteiger partial charge in [-0.25, -0.2) is 0 Å². The molecule has 1 atom stereocenters. The lowest BCUT2D eigenvalue weighted by Gasteiger charge is -2.32. The van der Waals surface area contributed by atoms with Crippen molar-refractivity contribution in [1.82, 2.24) is 5.32 Å². The minimum Gasteiger partial charge on any atom is -0.497 e. The highest BCUT2D eigenvalue weighted by atomic mass is 35.5. The Balaban J connectivity index is 0.00000364. The molecule has 2 aromatic carbocycles. The summed E-state index contributed by atoms with van der Waals surface area (Å²) in [6, 6.07) is 13.4. The fourth-order valence-corrected chi connectivity index (χ4v) is 2.89. The molecule has 0 heterocycles. The van der Waals surface area contributed by atoms with E-state index in [0.717, 1.165) is 41.3 Å². The fourth-order valence-electron chi connectivity index (χ4n) is 2.89. The van der Waals surface area contributed by atoms with Gasteiger partial charge in [0.1, 0.15) is 5.75 Å². The second kappa shape index (κ2) is 10.4. The van der Waals surface area contributed by atoms with Crippen molar-refractivity contribution in [3.8, 4) is 17.2 Å². The lowest BCUT2D eigenvalue weighted by atomic mass is 9.91. The number of nitrogens with one attached hydrogen (secondary N) is 1. The molecular formula is C21H30ClNO4. The maximum Gasteiger partial charge on any atom is 0.160 e. The molecule has 0 saturated heterocycles. The maximum atomic E-state index is 10.8. The Hall–Kier alpha value is -1.95. The molecule has 0 saturated carbocycles. The van der Waals surface area contributed by atoms with Crippen LogP contribution in [0, 0.1) is 0 Å². The molecule has 1 unspecified atom stereocenters. The maximum absolute atomic E-state index is 10.8. The lowest BCUT2D eigenvalue weighted by Crippen LogP contribution is -2.45. The largest absolute Gasteiger partial charge is 0.497 e. The number of halogens is 1. The second-order valence-corrected chi connectivity index (χ2v) is 6.77. The summed E-state index contributed by atoms with van der Waals surface area (Å²) in [7, 11) is 4.88. The van der Waals surface area contributed by atoms with Gasteiger partial charge < -0.3 is 24.6 Å². The average molecular weight is 396 g/mol. The SMILES string of the molecule is COc1cccc(C(O)C(C)(C)NCCc2ccc(OC)c(OC)c2)c1.Cl. The van der Waals surface area contributed by atoms with E-state index in [9.17, 15) is 5.11 Å². The summed E-state index contributed by atoms with van der Waals surface area (Å²) in [5.41, 5.74) is 1.48. The van der Waals surface area contributed by atoms with Crippen molar-refractivity contribution in [2.45, 2.75) is 31.9 Å². The molecule has 0 radical (unpaired) electrons. The van der Waals surface area contributed by atoms with E-state index in [1.165, 1.54) is 0 Å². The molecule has 0 amide bonds. The third kappa shape index (κ3) is 6.03. The quantitative estimate of drug-likeness (QED) is 0.676. The molecule has 0 fully saturated rings. The minimum absolute atomic E-state index is 0. The first-order valence-electron chi connectivity index (χ1n) is 8.69. The van der Waals surface area contributed by atoms with E-state index in [-0.39, 0.29) is 12.4 Å². The van der Waals surface area contributed by atoms with Crippen molar-refractivity contribution in [3.05, 3.63) is 53.6 Å². The van der Waals surface area contributed by atoms with Gasteiger partial charge in [0, 0.05) is 5.54 Å². The molecule has 0 aliphatic rings. The van der Waals surface area contributed by atoms with Crippen LogP contribution in [0.2, 0.25) is 0 Å². The van der Waals surface area contributed by atoms with Crippen molar-refractivity contribution in [2.75, 3.05) is 27.9 Å². The molecule has 5 nitrogen and oxygen atoms in total. The summed E-state index contributed by atoms with van der Waals surface area (Å²) in [4.78, 5) is 0. The third-order valence-corrected chi connectivity index (χ3v) is 4.54. The zero-order valence-electron chi connectivity index (χ0n) is 16.6. The van der Waals surface area contributed by atoms with Gasteiger partial charge in [0.2, 0.25) is 0 Å². The zero-order valence-corrected chi connectivity index (χ0v) is 17.4. The Kier molecular flexibility index (Phi) is 8.89. The first-order valence-corrected chi connectivity index (χ1v) is 8.69. The Morgan fingerprint density at radius 2 is 1.67 bits per heavy atom. The van der Waals surface area contributed by atoms with E-state index in [2.05, 4.69) is 5.32 Å². The number of ether oxygens (including phenoxy) is 3. The Morgan fingerprint density at radius 1 is 0.963 bits per heavy atom. The molecule has 0 aliphatic heterocycles.